The van der Waals surface area contributed by atoms with E-state index in [0.29, 0.717) is 0 Å². The summed E-state index contributed by atoms with van der Waals surface area (Å²) < 4.78 is 0. The second kappa shape index (κ2) is 7.54. The third kappa shape index (κ3) is 3.68. The zero-order valence-corrected chi connectivity index (χ0v) is 14.6. The van der Waals surface area contributed by atoms with Crippen molar-refractivity contribution in [2.24, 2.45) is 0 Å². The number of carbonyl (C=O) groups excluding carboxylic acids is 1. The van der Waals surface area contributed by atoms with Gasteiger partial charge in [0.1, 0.15) is 5.82 Å². The zero-order valence-electron chi connectivity index (χ0n) is 14.6. The zero-order chi connectivity index (χ0) is 17.8. The van der Waals surface area contributed by atoms with E-state index in [0.717, 1.165) is 49.7 Å². The predicted octanol–water partition coefficient (Wildman–Crippen LogP) is 3.03. The molecule has 1 fully saturated rings. The van der Waals surface area contributed by atoms with Crippen LogP contribution in [0.1, 0.15) is 15.9 Å². The van der Waals surface area contributed by atoms with E-state index in [-0.39, 0.29) is 5.91 Å². The number of aromatic amines is 1. The second-order valence-corrected chi connectivity index (χ2v) is 6.57. The predicted molar refractivity (Wildman–Crippen MR) is 102 cm³/mol. The molecule has 2 aromatic carbocycles. The molecule has 0 bridgehead atoms. The first kappa shape index (κ1) is 16.5. The average Bonchev–Trinajstić information content (AvgIpc) is 3.24. The van der Waals surface area contributed by atoms with Gasteiger partial charge in [-0.05, 0) is 17.7 Å². The maximum absolute atomic E-state index is 12.7. The molecule has 0 aliphatic carbocycles. The van der Waals surface area contributed by atoms with E-state index >= 15 is 0 Å². The molecule has 1 aliphatic heterocycles. The normalized spacial score (nSPS) is 15.2. The van der Waals surface area contributed by atoms with Crippen LogP contribution in [0.4, 0.5) is 0 Å². The molecule has 5 nitrogen and oxygen atoms in total. The maximum atomic E-state index is 12.7. The lowest BCUT2D eigenvalue weighted by molar-refractivity contribution is 0.0628. The Balaban J connectivity index is 1.34. The average molecular weight is 346 g/mol. The summed E-state index contributed by atoms with van der Waals surface area (Å²) >= 11 is 0. The smallest absolute Gasteiger partial charge is 0.253 e. The largest absolute Gasteiger partial charge is 0.345 e. The van der Waals surface area contributed by atoms with E-state index in [2.05, 4.69) is 39.1 Å². The molecule has 1 aliphatic rings. The number of piperazine rings is 1. The Morgan fingerprint density at radius 3 is 2.35 bits per heavy atom. The topological polar surface area (TPSA) is 52.2 Å². The fraction of sp³-hybridized carbons (Fsp3) is 0.238. The van der Waals surface area contributed by atoms with Crippen LogP contribution in [0.5, 0.6) is 0 Å². The number of nitrogens with one attached hydrogen (secondary N) is 1. The van der Waals surface area contributed by atoms with Crippen LogP contribution in [-0.2, 0) is 6.54 Å². The first-order valence-corrected chi connectivity index (χ1v) is 8.95. The van der Waals surface area contributed by atoms with Crippen molar-refractivity contribution in [3.05, 3.63) is 78.1 Å². The van der Waals surface area contributed by atoms with Gasteiger partial charge >= 0.3 is 0 Å². The van der Waals surface area contributed by atoms with Gasteiger partial charge in [0.05, 0.1) is 0 Å². The van der Waals surface area contributed by atoms with Crippen molar-refractivity contribution >= 4 is 5.91 Å². The van der Waals surface area contributed by atoms with Crippen molar-refractivity contribution < 1.29 is 4.79 Å². The molecule has 4 rings (SSSR count). The van der Waals surface area contributed by atoms with Crippen LogP contribution in [0.3, 0.4) is 0 Å². The highest BCUT2D eigenvalue weighted by Gasteiger charge is 2.22. The van der Waals surface area contributed by atoms with E-state index in [1.165, 1.54) is 5.56 Å². The van der Waals surface area contributed by atoms with Crippen LogP contribution in [0.2, 0.25) is 0 Å². The molecule has 1 N–H and O–H groups in total. The molecule has 2 heterocycles. The van der Waals surface area contributed by atoms with Gasteiger partial charge in [-0.25, -0.2) is 4.98 Å². The second-order valence-electron chi connectivity index (χ2n) is 6.57. The van der Waals surface area contributed by atoms with Gasteiger partial charge in [-0.1, -0.05) is 42.5 Å². The van der Waals surface area contributed by atoms with Crippen molar-refractivity contribution in [1.82, 2.24) is 19.8 Å². The lowest BCUT2D eigenvalue weighted by Crippen LogP contribution is -2.48. The molecule has 5 heteroatoms. The maximum Gasteiger partial charge on any atom is 0.253 e. The highest BCUT2D eigenvalue weighted by atomic mass is 16.2. The molecule has 0 atom stereocenters. The van der Waals surface area contributed by atoms with Crippen molar-refractivity contribution in [2.75, 3.05) is 26.2 Å². The van der Waals surface area contributed by atoms with Crippen LogP contribution in [0.15, 0.2) is 67.0 Å². The summed E-state index contributed by atoms with van der Waals surface area (Å²) in [6, 6.07) is 18.1. The third-order valence-electron chi connectivity index (χ3n) is 4.81. The van der Waals surface area contributed by atoms with Crippen molar-refractivity contribution in [3.63, 3.8) is 0 Å². The lowest BCUT2D eigenvalue weighted by Gasteiger charge is -2.34. The van der Waals surface area contributed by atoms with Crippen molar-refractivity contribution in [3.8, 4) is 11.4 Å². The number of H-pyrrole nitrogens is 1. The van der Waals surface area contributed by atoms with E-state index < -0.39 is 0 Å². The Hall–Kier alpha value is -2.92. The monoisotopic (exact) mass is 346 g/mol. The first-order chi connectivity index (χ1) is 12.8. The fourth-order valence-corrected chi connectivity index (χ4v) is 3.33. The van der Waals surface area contributed by atoms with E-state index in [1.807, 2.05) is 35.2 Å². The quantitative estimate of drug-likeness (QED) is 0.790. The van der Waals surface area contributed by atoms with E-state index in [1.54, 1.807) is 12.4 Å². The minimum absolute atomic E-state index is 0.107. The van der Waals surface area contributed by atoms with Gasteiger partial charge < -0.3 is 9.88 Å². The molecule has 26 heavy (non-hydrogen) atoms. The molecule has 0 unspecified atom stereocenters. The van der Waals surface area contributed by atoms with Gasteiger partial charge in [0.15, 0.2) is 0 Å². The number of aromatic nitrogens is 2. The summed E-state index contributed by atoms with van der Waals surface area (Å²) in [4.78, 5) is 24.4. The van der Waals surface area contributed by atoms with E-state index in [4.69, 9.17) is 0 Å². The minimum Gasteiger partial charge on any atom is -0.345 e. The molecule has 3 aromatic rings. The van der Waals surface area contributed by atoms with Crippen LogP contribution in [0.25, 0.3) is 11.4 Å². The van der Waals surface area contributed by atoms with Gasteiger partial charge in [0.2, 0.25) is 0 Å². The summed E-state index contributed by atoms with van der Waals surface area (Å²) in [6.07, 6.45) is 3.52. The molecule has 1 saturated heterocycles. The summed E-state index contributed by atoms with van der Waals surface area (Å²) in [5.74, 6) is 0.925. The van der Waals surface area contributed by atoms with Crippen molar-refractivity contribution in [1.29, 1.82) is 0 Å². The summed E-state index contributed by atoms with van der Waals surface area (Å²) in [7, 11) is 0. The van der Waals surface area contributed by atoms with Gasteiger partial charge in [-0.3, -0.25) is 9.69 Å². The van der Waals surface area contributed by atoms with Gasteiger partial charge in [0.25, 0.3) is 5.91 Å². The van der Waals surface area contributed by atoms with Gasteiger partial charge in [0, 0.05) is 56.2 Å². The summed E-state index contributed by atoms with van der Waals surface area (Å²) in [5, 5.41) is 0. The Morgan fingerprint density at radius 1 is 0.962 bits per heavy atom. The first-order valence-electron chi connectivity index (χ1n) is 8.95. The highest BCUT2D eigenvalue weighted by Crippen LogP contribution is 2.17. The standard InChI is InChI=1S/C21H22N4O/c26-21(19-8-6-18(7-9-19)20-22-10-11-23-20)25-14-12-24(13-15-25)16-17-4-2-1-3-5-17/h1-11H,12-16H2,(H,22,23). The Bertz CT molecular complexity index is 835. The lowest BCUT2D eigenvalue weighted by atomic mass is 10.1. The number of carbonyl (C=O) groups is 1. The summed E-state index contributed by atoms with van der Waals surface area (Å²) in [6.45, 7) is 4.30. The SMILES string of the molecule is O=C(c1ccc(-c2ncc[nH]2)cc1)N1CCN(Cc2ccccc2)CC1. The number of nitrogens with zero attached hydrogens (tertiary/aromatic N) is 3. The van der Waals surface area contributed by atoms with Crippen LogP contribution < -0.4 is 0 Å². The number of hydrogen-bond acceptors (Lipinski definition) is 3. The van der Waals surface area contributed by atoms with E-state index in [9.17, 15) is 4.79 Å². The van der Waals surface area contributed by atoms with Gasteiger partial charge in [-0.2, -0.15) is 0 Å². The minimum atomic E-state index is 0.107. The molecule has 0 spiro atoms. The third-order valence-corrected chi connectivity index (χ3v) is 4.81. The molecule has 1 aromatic heterocycles. The molecule has 0 radical (unpaired) electrons. The number of benzene rings is 2. The Kier molecular flexibility index (Phi) is 4.80. The Morgan fingerprint density at radius 2 is 1.69 bits per heavy atom. The molecule has 1 amide bonds. The molecular formula is C21H22N4O. The highest BCUT2D eigenvalue weighted by molar-refractivity contribution is 5.94. The Labute approximate surface area is 153 Å². The van der Waals surface area contributed by atoms with Crippen LogP contribution >= 0.6 is 0 Å². The molecular weight excluding hydrogens is 324 g/mol. The fourth-order valence-electron chi connectivity index (χ4n) is 3.33. The summed E-state index contributed by atoms with van der Waals surface area (Å²) in [5.41, 5.74) is 3.04. The van der Waals surface area contributed by atoms with Crippen molar-refractivity contribution in [2.45, 2.75) is 6.54 Å². The molecule has 132 valence electrons. The van der Waals surface area contributed by atoms with Crippen LogP contribution in [-0.4, -0.2) is 51.9 Å². The number of amides is 1. The number of rotatable bonds is 4. The van der Waals surface area contributed by atoms with Crippen LogP contribution in [0, 0.1) is 0 Å². The number of imidazole rings is 1. The molecule has 0 saturated carbocycles. The van der Waals surface area contributed by atoms with Gasteiger partial charge in [-0.15, -0.1) is 0 Å². The number of hydrogen-bond donors (Lipinski definition) is 1.